The molecule has 0 spiro atoms. The average Bonchev–Trinajstić information content (AvgIpc) is 2.06. The molecule has 0 aliphatic rings. The third-order valence-corrected chi connectivity index (χ3v) is 2.80. The van der Waals surface area contributed by atoms with E-state index in [1.807, 2.05) is 39.0 Å². The highest BCUT2D eigenvalue weighted by molar-refractivity contribution is 9.11. The Labute approximate surface area is 113 Å². The molecule has 0 aliphatic carbocycles. The fourth-order valence-corrected chi connectivity index (χ4v) is 2.26. The third kappa shape index (κ3) is 4.53. The Kier molecular flexibility index (Phi) is 4.38. The molecule has 0 bridgehead atoms. The van der Waals surface area contributed by atoms with Crippen LogP contribution in [0.3, 0.4) is 0 Å². The van der Waals surface area contributed by atoms with E-state index < -0.39 is 0 Å². The van der Waals surface area contributed by atoms with Crippen LogP contribution in [0.1, 0.15) is 20.8 Å². The lowest BCUT2D eigenvalue weighted by atomic mass is 10.1. The molecular weight excluding hydrogens is 334 g/mol. The van der Waals surface area contributed by atoms with Crippen LogP contribution < -0.4 is 11.1 Å². The zero-order valence-electron chi connectivity index (χ0n) is 9.51. The predicted molar refractivity (Wildman–Crippen MR) is 76.8 cm³/mol. The van der Waals surface area contributed by atoms with Crippen LogP contribution in [-0.4, -0.2) is 11.5 Å². The lowest BCUT2D eigenvalue weighted by Gasteiger charge is -2.15. The smallest absolute Gasteiger partial charge is 0.193 e. The number of guanidine groups is 1. The van der Waals surface area contributed by atoms with Crippen LogP contribution in [0, 0.1) is 0 Å². The van der Waals surface area contributed by atoms with E-state index in [4.69, 9.17) is 5.73 Å². The fraction of sp³-hybridized carbons (Fsp3) is 0.364. The first kappa shape index (κ1) is 13.5. The number of hydrogen-bond donors (Lipinski definition) is 2. The summed E-state index contributed by atoms with van der Waals surface area (Å²) in [7, 11) is 0. The molecule has 1 aromatic carbocycles. The quantitative estimate of drug-likeness (QED) is 0.600. The van der Waals surface area contributed by atoms with Crippen molar-refractivity contribution in [3.8, 4) is 0 Å². The Morgan fingerprint density at radius 1 is 1.31 bits per heavy atom. The number of benzene rings is 1. The number of halogens is 2. The van der Waals surface area contributed by atoms with E-state index >= 15 is 0 Å². The van der Waals surface area contributed by atoms with Gasteiger partial charge in [0.05, 0.1) is 11.2 Å². The average molecular weight is 349 g/mol. The van der Waals surface area contributed by atoms with Crippen LogP contribution in [0.15, 0.2) is 32.1 Å². The van der Waals surface area contributed by atoms with Crippen molar-refractivity contribution in [2.75, 3.05) is 5.32 Å². The molecule has 0 amide bonds. The summed E-state index contributed by atoms with van der Waals surface area (Å²) >= 11 is 6.84. The molecule has 3 N–H and O–H groups in total. The summed E-state index contributed by atoms with van der Waals surface area (Å²) < 4.78 is 1.95. The maximum absolute atomic E-state index is 5.81. The van der Waals surface area contributed by atoms with Gasteiger partial charge in [-0.15, -0.1) is 0 Å². The van der Waals surface area contributed by atoms with Crippen LogP contribution in [0.4, 0.5) is 5.69 Å². The number of hydrogen-bond acceptors (Lipinski definition) is 1. The summed E-state index contributed by atoms with van der Waals surface area (Å²) in [6, 6.07) is 5.82. The molecule has 1 aromatic rings. The monoisotopic (exact) mass is 347 g/mol. The summed E-state index contributed by atoms with van der Waals surface area (Å²) in [5, 5.41) is 3.05. The van der Waals surface area contributed by atoms with Crippen LogP contribution in [0.5, 0.6) is 0 Å². The number of anilines is 1. The summed E-state index contributed by atoms with van der Waals surface area (Å²) in [4.78, 5) is 4.32. The Bertz CT molecular complexity index is 408. The highest BCUT2D eigenvalue weighted by Gasteiger charge is 2.09. The molecule has 0 aliphatic heterocycles. The number of rotatable bonds is 1. The van der Waals surface area contributed by atoms with Gasteiger partial charge < -0.3 is 11.1 Å². The van der Waals surface area contributed by atoms with Gasteiger partial charge in [0.1, 0.15) is 0 Å². The number of nitrogens with one attached hydrogen (secondary N) is 1. The largest absolute Gasteiger partial charge is 0.370 e. The molecule has 16 heavy (non-hydrogen) atoms. The summed E-state index contributed by atoms with van der Waals surface area (Å²) in [5.41, 5.74) is 6.52. The van der Waals surface area contributed by atoms with Crippen molar-refractivity contribution in [3.05, 3.63) is 27.1 Å². The zero-order chi connectivity index (χ0) is 12.3. The van der Waals surface area contributed by atoms with E-state index in [-0.39, 0.29) is 5.54 Å². The van der Waals surface area contributed by atoms with E-state index in [9.17, 15) is 0 Å². The van der Waals surface area contributed by atoms with Crippen molar-refractivity contribution in [1.82, 2.24) is 0 Å². The lowest BCUT2D eigenvalue weighted by molar-refractivity contribution is 0.583. The first-order valence-corrected chi connectivity index (χ1v) is 6.44. The first-order chi connectivity index (χ1) is 7.28. The summed E-state index contributed by atoms with van der Waals surface area (Å²) in [6.45, 7) is 5.99. The Balaban J connectivity index is 2.85. The molecule has 1 rings (SSSR count). The summed E-state index contributed by atoms with van der Waals surface area (Å²) in [6.07, 6.45) is 0. The molecule has 0 saturated carbocycles. The van der Waals surface area contributed by atoms with Crippen LogP contribution in [0.2, 0.25) is 0 Å². The van der Waals surface area contributed by atoms with Gasteiger partial charge in [-0.3, -0.25) is 0 Å². The molecule has 0 atom stereocenters. The normalized spacial score (nSPS) is 12.7. The molecule has 3 nitrogen and oxygen atoms in total. The fourth-order valence-electron chi connectivity index (χ4n) is 1.12. The Morgan fingerprint density at radius 3 is 2.44 bits per heavy atom. The molecule has 0 saturated heterocycles. The highest BCUT2D eigenvalue weighted by atomic mass is 79.9. The van der Waals surface area contributed by atoms with Crippen molar-refractivity contribution in [2.24, 2.45) is 10.7 Å². The molecule has 0 unspecified atom stereocenters. The van der Waals surface area contributed by atoms with Crippen LogP contribution in [0.25, 0.3) is 0 Å². The topological polar surface area (TPSA) is 50.4 Å². The second-order valence-corrected chi connectivity index (χ2v) is 6.19. The molecule has 0 radical (unpaired) electrons. The van der Waals surface area contributed by atoms with Gasteiger partial charge in [-0.2, -0.15) is 0 Å². The standard InChI is InChI=1S/C11H15Br2N3/c1-11(2,3)16-10(14)15-9-5-4-7(12)6-8(9)13/h4-6H,1-3H3,(H3,14,15,16). The van der Waals surface area contributed by atoms with Gasteiger partial charge in [-0.25, -0.2) is 4.99 Å². The first-order valence-electron chi connectivity index (χ1n) is 4.85. The molecule has 5 heteroatoms. The maximum atomic E-state index is 5.81. The Morgan fingerprint density at radius 2 is 1.94 bits per heavy atom. The van der Waals surface area contributed by atoms with Crippen molar-refractivity contribution in [1.29, 1.82) is 0 Å². The minimum Gasteiger partial charge on any atom is -0.370 e. The van der Waals surface area contributed by atoms with Gasteiger partial charge in [0.15, 0.2) is 5.96 Å². The summed E-state index contributed by atoms with van der Waals surface area (Å²) in [5.74, 6) is 0.413. The third-order valence-electron chi connectivity index (χ3n) is 1.65. The van der Waals surface area contributed by atoms with Gasteiger partial charge in [-0.1, -0.05) is 15.9 Å². The van der Waals surface area contributed by atoms with Gasteiger partial charge in [0, 0.05) is 8.95 Å². The molecule has 88 valence electrons. The molecule has 0 fully saturated rings. The van der Waals surface area contributed by atoms with Gasteiger partial charge in [0.25, 0.3) is 0 Å². The van der Waals surface area contributed by atoms with Crippen molar-refractivity contribution >= 4 is 43.5 Å². The number of nitrogens with two attached hydrogens (primary N) is 1. The maximum Gasteiger partial charge on any atom is 0.193 e. The minimum absolute atomic E-state index is 0.182. The van der Waals surface area contributed by atoms with Crippen molar-refractivity contribution in [3.63, 3.8) is 0 Å². The SMILES string of the molecule is CC(C)(C)N=C(N)Nc1ccc(Br)cc1Br. The van der Waals surface area contributed by atoms with Crippen LogP contribution in [-0.2, 0) is 0 Å². The number of nitrogens with zero attached hydrogens (tertiary/aromatic N) is 1. The van der Waals surface area contributed by atoms with E-state index in [1.165, 1.54) is 0 Å². The van der Waals surface area contributed by atoms with Gasteiger partial charge in [-0.05, 0) is 54.9 Å². The van der Waals surface area contributed by atoms with E-state index in [2.05, 4.69) is 42.2 Å². The number of aliphatic imine (C=N–C) groups is 1. The second-order valence-electron chi connectivity index (χ2n) is 4.42. The van der Waals surface area contributed by atoms with Gasteiger partial charge in [0.2, 0.25) is 0 Å². The van der Waals surface area contributed by atoms with E-state index in [1.54, 1.807) is 0 Å². The van der Waals surface area contributed by atoms with E-state index in [0.29, 0.717) is 5.96 Å². The van der Waals surface area contributed by atoms with Gasteiger partial charge >= 0.3 is 0 Å². The minimum atomic E-state index is -0.182. The molecule has 0 heterocycles. The predicted octanol–water partition coefficient (Wildman–Crippen LogP) is 3.74. The Hall–Kier alpha value is -0.550. The molecular formula is C11H15Br2N3. The van der Waals surface area contributed by atoms with Crippen LogP contribution >= 0.6 is 31.9 Å². The second kappa shape index (κ2) is 5.19. The van der Waals surface area contributed by atoms with Crippen molar-refractivity contribution < 1.29 is 0 Å². The lowest BCUT2D eigenvalue weighted by Crippen LogP contribution is -2.27. The highest BCUT2D eigenvalue weighted by Crippen LogP contribution is 2.26. The molecule has 0 aromatic heterocycles. The zero-order valence-corrected chi connectivity index (χ0v) is 12.7. The van der Waals surface area contributed by atoms with E-state index in [0.717, 1.165) is 14.6 Å². The van der Waals surface area contributed by atoms with Crippen molar-refractivity contribution in [2.45, 2.75) is 26.3 Å².